The quantitative estimate of drug-likeness (QED) is 0.562. The predicted octanol–water partition coefficient (Wildman–Crippen LogP) is 0.765. The Morgan fingerprint density at radius 2 is 1.82 bits per heavy atom. The lowest BCUT2D eigenvalue weighted by atomic mass is 9.98. The summed E-state index contributed by atoms with van der Waals surface area (Å²) in [6.45, 7) is -0.576. The number of aliphatic carboxylic acids is 1. The van der Waals surface area contributed by atoms with Crippen molar-refractivity contribution in [1.82, 2.24) is 0 Å². The minimum atomic E-state index is -1.20. The standard InChI is InChI=1S/C12H12O5/c13-6-8-1-3-9(4-2-8)11(15)5-10(7-14)12(16)17/h1-4,6,10,14H,5,7H2,(H,16,17). The van der Waals surface area contributed by atoms with Crippen LogP contribution >= 0.6 is 0 Å². The van der Waals surface area contributed by atoms with Gasteiger partial charge in [0.25, 0.3) is 0 Å². The van der Waals surface area contributed by atoms with E-state index in [1.807, 2.05) is 0 Å². The Morgan fingerprint density at radius 1 is 1.24 bits per heavy atom. The molecule has 0 bridgehead atoms. The van der Waals surface area contributed by atoms with Crippen LogP contribution in [0.15, 0.2) is 24.3 Å². The van der Waals surface area contributed by atoms with Gasteiger partial charge < -0.3 is 10.2 Å². The number of rotatable bonds is 6. The Bertz CT molecular complexity index is 421. The number of aliphatic hydroxyl groups excluding tert-OH is 1. The highest BCUT2D eigenvalue weighted by molar-refractivity contribution is 5.98. The lowest BCUT2D eigenvalue weighted by Crippen LogP contribution is -2.21. The molecule has 5 heteroatoms. The second-order valence-electron chi connectivity index (χ2n) is 3.58. The summed E-state index contributed by atoms with van der Waals surface area (Å²) in [5.74, 6) is -2.66. The molecule has 0 radical (unpaired) electrons. The van der Waals surface area contributed by atoms with E-state index in [-0.39, 0.29) is 12.2 Å². The monoisotopic (exact) mass is 236 g/mol. The molecule has 0 heterocycles. The largest absolute Gasteiger partial charge is 0.481 e. The van der Waals surface area contributed by atoms with Gasteiger partial charge in [0.2, 0.25) is 0 Å². The van der Waals surface area contributed by atoms with Crippen molar-refractivity contribution in [2.75, 3.05) is 6.61 Å². The second-order valence-corrected chi connectivity index (χ2v) is 3.58. The number of carbonyl (C=O) groups is 3. The highest BCUT2D eigenvalue weighted by Gasteiger charge is 2.20. The molecule has 0 fully saturated rings. The fourth-order valence-electron chi connectivity index (χ4n) is 1.32. The molecular formula is C12H12O5. The zero-order valence-electron chi connectivity index (χ0n) is 9.00. The molecule has 0 saturated carbocycles. The molecular weight excluding hydrogens is 224 g/mol. The van der Waals surface area contributed by atoms with Crippen molar-refractivity contribution in [3.8, 4) is 0 Å². The van der Waals surface area contributed by atoms with E-state index >= 15 is 0 Å². The predicted molar refractivity (Wildman–Crippen MR) is 59.0 cm³/mol. The molecule has 0 aromatic heterocycles. The number of carboxylic acids is 1. The van der Waals surface area contributed by atoms with Crippen LogP contribution in [-0.2, 0) is 4.79 Å². The van der Waals surface area contributed by atoms with Crippen LogP contribution in [0.2, 0.25) is 0 Å². The van der Waals surface area contributed by atoms with Crippen LogP contribution in [0.3, 0.4) is 0 Å². The molecule has 0 amide bonds. The summed E-state index contributed by atoms with van der Waals surface area (Å²) in [7, 11) is 0. The summed E-state index contributed by atoms with van der Waals surface area (Å²) in [5, 5.41) is 17.5. The number of Topliss-reactive ketones (excluding diaryl/α,β-unsaturated/α-hetero) is 1. The molecule has 0 saturated heterocycles. The van der Waals surface area contributed by atoms with Crippen LogP contribution in [0.5, 0.6) is 0 Å². The Hall–Kier alpha value is -2.01. The summed E-state index contributed by atoms with van der Waals surface area (Å²) < 4.78 is 0. The highest BCUT2D eigenvalue weighted by Crippen LogP contribution is 2.11. The van der Waals surface area contributed by atoms with Crippen LogP contribution in [0.25, 0.3) is 0 Å². The van der Waals surface area contributed by atoms with Gasteiger partial charge in [-0.3, -0.25) is 14.4 Å². The fourth-order valence-corrected chi connectivity index (χ4v) is 1.32. The number of ketones is 1. The fraction of sp³-hybridized carbons (Fsp3) is 0.250. The van der Waals surface area contributed by atoms with Crippen molar-refractivity contribution >= 4 is 18.0 Å². The Labute approximate surface area is 97.7 Å². The summed E-state index contributed by atoms with van der Waals surface area (Å²) in [6.07, 6.45) is 0.397. The van der Waals surface area contributed by atoms with E-state index in [2.05, 4.69) is 0 Å². The molecule has 1 rings (SSSR count). The molecule has 90 valence electrons. The zero-order valence-corrected chi connectivity index (χ0v) is 9.00. The van der Waals surface area contributed by atoms with Gasteiger partial charge >= 0.3 is 5.97 Å². The average molecular weight is 236 g/mol. The first kappa shape index (κ1) is 13.1. The molecule has 1 aromatic carbocycles. The number of hydrogen-bond acceptors (Lipinski definition) is 4. The lowest BCUT2D eigenvalue weighted by Gasteiger charge is -2.07. The van der Waals surface area contributed by atoms with E-state index in [9.17, 15) is 14.4 Å². The molecule has 2 N–H and O–H groups in total. The summed E-state index contributed by atoms with van der Waals surface area (Å²) in [6, 6.07) is 5.88. The number of aldehydes is 1. The Morgan fingerprint density at radius 3 is 2.24 bits per heavy atom. The smallest absolute Gasteiger partial charge is 0.309 e. The number of hydrogen-bond donors (Lipinski definition) is 2. The van der Waals surface area contributed by atoms with E-state index in [0.29, 0.717) is 17.4 Å². The van der Waals surface area contributed by atoms with E-state index in [4.69, 9.17) is 10.2 Å². The molecule has 0 aliphatic heterocycles. The maximum absolute atomic E-state index is 11.7. The molecule has 0 aliphatic rings. The number of benzene rings is 1. The van der Waals surface area contributed by atoms with Gasteiger partial charge in [0, 0.05) is 17.5 Å². The average Bonchev–Trinajstić information content (AvgIpc) is 2.35. The van der Waals surface area contributed by atoms with Crippen molar-refractivity contribution in [3.63, 3.8) is 0 Å². The first-order chi connectivity index (χ1) is 8.08. The third-order valence-electron chi connectivity index (χ3n) is 2.37. The molecule has 0 aliphatic carbocycles. The molecule has 1 unspecified atom stereocenters. The SMILES string of the molecule is O=Cc1ccc(C(=O)CC(CO)C(=O)O)cc1. The maximum atomic E-state index is 11.7. The van der Waals surface area contributed by atoms with Crippen LogP contribution in [0.4, 0.5) is 0 Å². The Kier molecular flexibility index (Phi) is 4.54. The minimum Gasteiger partial charge on any atom is -0.481 e. The summed E-state index contributed by atoms with van der Waals surface area (Å²) in [5.41, 5.74) is 0.772. The summed E-state index contributed by atoms with van der Waals surface area (Å²) in [4.78, 5) is 32.7. The van der Waals surface area contributed by atoms with Gasteiger partial charge in [-0.05, 0) is 0 Å². The molecule has 17 heavy (non-hydrogen) atoms. The van der Waals surface area contributed by atoms with Crippen LogP contribution < -0.4 is 0 Å². The van der Waals surface area contributed by atoms with Crippen molar-refractivity contribution in [3.05, 3.63) is 35.4 Å². The van der Waals surface area contributed by atoms with Gasteiger partial charge in [0.05, 0.1) is 12.5 Å². The normalized spacial score (nSPS) is 11.8. The van der Waals surface area contributed by atoms with Gasteiger partial charge in [0.15, 0.2) is 5.78 Å². The number of carbonyl (C=O) groups excluding carboxylic acids is 2. The maximum Gasteiger partial charge on any atom is 0.309 e. The van der Waals surface area contributed by atoms with Crippen molar-refractivity contribution in [2.45, 2.75) is 6.42 Å². The Balaban J connectivity index is 2.75. The van der Waals surface area contributed by atoms with Crippen LogP contribution in [0.1, 0.15) is 27.1 Å². The molecule has 1 aromatic rings. The molecule has 0 spiro atoms. The van der Waals surface area contributed by atoms with E-state index in [0.717, 1.165) is 0 Å². The van der Waals surface area contributed by atoms with Gasteiger partial charge in [-0.25, -0.2) is 0 Å². The molecule has 1 atom stereocenters. The van der Waals surface area contributed by atoms with E-state index in [1.165, 1.54) is 24.3 Å². The number of aliphatic hydroxyl groups is 1. The first-order valence-electron chi connectivity index (χ1n) is 5.00. The second kappa shape index (κ2) is 5.91. The first-order valence-corrected chi connectivity index (χ1v) is 5.00. The van der Waals surface area contributed by atoms with Crippen molar-refractivity contribution in [1.29, 1.82) is 0 Å². The van der Waals surface area contributed by atoms with Gasteiger partial charge in [-0.1, -0.05) is 24.3 Å². The van der Waals surface area contributed by atoms with Gasteiger partial charge in [0.1, 0.15) is 6.29 Å². The van der Waals surface area contributed by atoms with Gasteiger partial charge in [-0.15, -0.1) is 0 Å². The molecule has 5 nitrogen and oxygen atoms in total. The third kappa shape index (κ3) is 3.49. The zero-order chi connectivity index (χ0) is 12.8. The van der Waals surface area contributed by atoms with Gasteiger partial charge in [-0.2, -0.15) is 0 Å². The lowest BCUT2D eigenvalue weighted by molar-refractivity contribution is -0.142. The summed E-state index contributed by atoms with van der Waals surface area (Å²) >= 11 is 0. The van der Waals surface area contributed by atoms with E-state index in [1.54, 1.807) is 0 Å². The highest BCUT2D eigenvalue weighted by atomic mass is 16.4. The van der Waals surface area contributed by atoms with Crippen molar-refractivity contribution < 1.29 is 24.6 Å². The van der Waals surface area contributed by atoms with Crippen LogP contribution in [0, 0.1) is 5.92 Å². The number of carboxylic acid groups (broad SMARTS) is 1. The van der Waals surface area contributed by atoms with E-state index < -0.39 is 18.5 Å². The third-order valence-corrected chi connectivity index (χ3v) is 2.37. The van der Waals surface area contributed by atoms with Crippen molar-refractivity contribution in [2.24, 2.45) is 5.92 Å². The van der Waals surface area contributed by atoms with Crippen LogP contribution in [-0.4, -0.2) is 34.9 Å². The topological polar surface area (TPSA) is 91.7 Å². The minimum absolute atomic E-state index is 0.258.